The van der Waals surface area contributed by atoms with Crippen molar-refractivity contribution in [3.8, 4) is 5.75 Å². The van der Waals surface area contributed by atoms with Gasteiger partial charge in [0.25, 0.3) is 11.8 Å². The Hall–Kier alpha value is -3.67. The van der Waals surface area contributed by atoms with Crippen molar-refractivity contribution in [1.82, 2.24) is 4.98 Å². The summed E-state index contributed by atoms with van der Waals surface area (Å²) in [5.74, 6) is -0.0843. The Morgan fingerprint density at radius 2 is 1.59 bits per heavy atom. The smallest absolute Gasteiger partial charge is 0.274 e. The third kappa shape index (κ3) is 4.70. The lowest BCUT2D eigenvalue weighted by Crippen LogP contribution is -2.17. The molecule has 1 heterocycles. The summed E-state index contributed by atoms with van der Waals surface area (Å²) in [6.45, 7) is 1.95. The predicted molar refractivity (Wildman–Crippen MR) is 104 cm³/mol. The number of amides is 2. The third-order valence-corrected chi connectivity index (χ3v) is 3.86. The number of hydrogen-bond donors (Lipinski definition) is 2. The summed E-state index contributed by atoms with van der Waals surface area (Å²) in [4.78, 5) is 29.0. The van der Waals surface area contributed by atoms with E-state index in [1.165, 1.54) is 12.3 Å². The van der Waals surface area contributed by atoms with E-state index in [0.717, 1.165) is 5.56 Å². The average molecular weight is 361 g/mol. The Bertz CT molecular complexity index is 986. The van der Waals surface area contributed by atoms with Crippen LogP contribution < -0.4 is 15.4 Å². The summed E-state index contributed by atoms with van der Waals surface area (Å²) in [7, 11) is 1.55. The number of hydrogen-bond acceptors (Lipinski definition) is 4. The Labute approximate surface area is 157 Å². The minimum atomic E-state index is -0.409. The molecule has 0 spiro atoms. The highest BCUT2D eigenvalue weighted by Gasteiger charge is 2.13. The molecule has 2 N–H and O–H groups in total. The molecule has 0 atom stereocenters. The van der Waals surface area contributed by atoms with Crippen LogP contribution in [0.3, 0.4) is 0 Å². The van der Waals surface area contributed by atoms with E-state index in [-0.39, 0.29) is 11.6 Å². The van der Waals surface area contributed by atoms with E-state index in [1.807, 2.05) is 31.2 Å². The second-order valence-electron chi connectivity index (χ2n) is 5.94. The van der Waals surface area contributed by atoms with Crippen LogP contribution in [0.5, 0.6) is 5.75 Å². The molecule has 0 aliphatic rings. The van der Waals surface area contributed by atoms with Gasteiger partial charge in [-0.3, -0.25) is 14.6 Å². The fourth-order valence-electron chi connectivity index (χ4n) is 2.52. The summed E-state index contributed by atoms with van der Waals surface area (Å²) in [5.41, 5.74) is 2.81. The van der Waals surface area contributed by atoms with Crippen LogP contribution in [0, 0.1) is 6.92 Å². The van der Waals surface area contributed by atoms with E-state index in [1.54, 1.807) is 37.4 Å². The minimum Gasteiger partial charge on any atom is -0.497 e. The SMILES string of the molecule is COc1cccc(NC(=O)c2cc(C(=O)Nc3cccc(C)c3)ccn2)c1. The number of benzene rings is 2. The van der Waals surface area contributed by atoms with Crippen LogP contribution in [-0.4, -0.2) is 23.9 Å². The van der Waals surface area contributed by atoms with Gasteiger partial charge in [0.1, 0.15) is 11.4 Å². The molecule has 0 aliphatic carbocycles. The zero-order valence-corrected chi connectivity index (χ0v) is 15.0. The average Bonchev–Trinajstić information content (AvgIpc) is 2.68. The molecule has 2 amide bonds. The standard InChI is InChI=1S/C21H19N3O3/c1-14-5-3-6-16(11-14)23-20(25)15-9-10-22-19(12-15)21(26)24-17-7-4-8-18(13-17)27-2/h3-13H,1-2H3,(H,23,25)(H,24,26). The molecule has 0 aliphatic heterocycles. The molecule has 0 saturated carbocycles. The number of anilines is 2. The number of carbonyl (C=O) groups is 2. The van der Waals surface area contributed by atoms with Gasteiger partial charge in [-0.25, -0.2) is 0 Å². The number of aromatic nitrogens is 1. The molecule has 0 bridgehead atoms. The topological polar surface area (TPSA) is 80.3 Å². The molecule has 0 fully saturated rings. The Kier molecular flexibility index (Phi) is 5.47. The van der Waals surface area contributed by atoms with Gasteiger partial charge in [0, 0.05) is 29.2 Å². The molecule has 0 radical (unpaired) electrons. The van der Waals surface area contributed by atoms with E-state index >= 15 is 0 Å². The molecule has 0 unspecified atom stereocenters. The van der Waals surface area contributed by atoms with Gasteiger partial charge in [0.05, 0.1) is 7.11 Å². The highest BCUT2D eigenvalue weighted by atomic mass is 16.5. The zero-order valence-electron chi connectivity index (χ0n) is 15.0. The molecule has 0 saturated heterocycles. The Morgan fingerprint density at radius 1 is 0.889 bits per heavy atom. The molecule has 3 aromatic rings. The van der Waals surface area contributed by atoms with Crippen molar-refractivity contribution in [1.29, 1.82) is 0 Å². The van der Waals surface area contributed by atoms with Crippen LogP contribution >= 0.6 is 0 Å². The van der Waals surface area contributed by atoms with Crippen LogP contribution in [0.1, 0.15) is 26.4 Å². The normalized spacial score (nSPS) is 10.1. The summed E-state index contributed by atoms with van der Waals surface area (Å²) in [6.07, 6.45) is 1.44. The zero-order chi connectivity index (χ0) is 19.2. The van der Waals surface area contributed by atoms with Crippen LogP contribution in [0.2, 0.25) is 0 Å². The molecular weight excluding hydrogens is 342 g/mol. The number of ether oxygens (including phenoxy) is 1. The van der Waals surface area contributed by atoms with Crippen LogP contribution in [0.4, 0.5) is 11.4 Å². The first kappa shape index (κ1) is 18.1. The summed E-state index contributed by atoms with van der Waals surface area (Å²) >= 11 is 0. The maximum absolute atomic E-state index is 12.5. The van der Waals surface area contributed by atoms with Crippen LogP contribution in [0.15, 0.2) is 66.9 Å². The van der Waals surface area contributed by atoms with E-state index in [4.69, 9.17) is 4.74 Å². The Balaban J connectivity index is 1.74. The van der Waals surface area contributed by atoms with Crippen molar-refractivity contribution in [3.63, 3.8) is 0 Å². The van der Waals surface area contributed by atoms with Crippen molar-refractivity contribution in [2.24, 2.45) is 0 Å². The second-order valence-corrected chi connectivity index (χ2v) is 5.94. The van der Waals surface area contributed by atoms with Crippen molar-refractivity contribution >= 4 is 23.2 Å². The number of rotatable bonds is 5. The van der Waals surface area contributed by atoms with E-state index in [2.05, 4.69) is 15.6 Å². The quantitative estimate of drug-likeness (QED) is 0.722. The predicted octanol–water partition coefficient (Wildman–Crippen LogP) is 3.90. The second kappa shape index (κ2) is 8.14. The van der Waals surface area contributed by atoms with Gasteiger partial charge in [0.15, 0.2) is 0 Å². The molecule has 2 aromatic carbocycles. The van der Waals surface area contributed by atoms with Gasteiger partial charge in [-0.15, -0.1) is 0 Å². The van der Waals surface area contributed by atoms with E-state index < -0.39 is 5.91 Å². The first-order valence-corrected chi connectivity index (χ1v) is 8.34. The fraction of sp³-hybridized carbons (Fsp3) is 0.0952. The minimum absolute atomic E-state index is 0.148. The van der Waals surface area contributed by atoms with E-state index in [0.29, 0.717) is 22.7 Å². The van der Waals surface area contributed by atoms with E-state index in [9.17, 15) is 9.59 Å². The van der Waals surface area contributed by atoms with Gasteiger partial charge in [-0.05, 0) is 48.9 Å². The number of nitrogens with zero attached hydrogens (tertiary/aromatic N) is 1. The van der Waals surface area contributed by atoms with Gasteiger partial charge in [-0.2, -0.15) is 0 Å². The molecule has 1 aromatic heterocycles. The van der Waals surface area contributed by atoms with Gasteiger partial charge >= 0.3 is 0 Å². The van der Waals surface area contributed by atoms with Crippen molar-refractivity contribution in [2.75, 3.05) is 17.7 Å². The van der Waals surface area contributed by atoms with Crippen LogP contribution in [-0.2, 0) is 0 Å². The molecule has 3 rings (SSSR count). The third-order valence-electron chi connectivity index (χ3n) is 3.86. The number of methoxy groups -OCH3 is 1. The van der Waals surface area contributed by atoms with Gasteiger partial charge < -0.3 is 15.4 Å². The monoisotopic (exact) mass is 361 g/mol. The number of pyridine rings is 1. The first-order chi connectivity index (χ1) is 13.0. The maximum Gasteiger partial charge on any atom is 0.274 e. The first-order valence-electron chi connectivity index (χ1n) is 8.34. The molecule has 6 heteroatoms. The fourth-order valence-corrected chi connectivity index (χ4v) is 2.52. The lowest BCUT2D eigenvalue weighted by molar-refractivity contribution is 0.102. The molecule has 6 nitrogen and oxygen atoms in total. The van der Waals surface area contributed by atoms with Crippen molar-refractivity contribution in [2.45, 2.75) is 6.92 Å². The summed E-state index contributed by atoms with van der Waals surface area (Å²) in [6, 6.07) is 17.5. The summed E-state index contributed by atoms with van der Waals surface area (Å²) < 4.78 is 5.14. The van der Waals surface area contributed by atoms with Crippen molar-refractivity contribution in [3.05, 3.63) is 83.7 Å². The lowest BCUT2D eigenvalue weighted by Gasteiger charge is -2.08. The Morgan fingerprint density at radius 3 is 2.33 bits per heavy atom. The highest BCUT2D eigenvalue weighted by Crippen LogP contribution is 2.18. The molecular formula is C21H19N3O3. The lowest BCUT2D eigenvalue weighted by atomic mass is 10.2. The maximum atomic E-state index is 12.5. The molecule has 27 heavy (non-hydrogen) atoms. The number of carbonyl (C=O) groups excluding carboxylic acids is 2. The number of aryl methyl sites for hydroxylation is 1. The number of nitrogens with one attached hydrogen (secondary N) is 2. The van der Waals surface area contributed by atoms with Gasteiger partial charge in [-0.1, -0.05) is 18.2 Å². The van der Waals surface area contributed by atoms with Crippen molar-refractivity contribution < 1.29 is 14.3 Å². The van der Waals surface area contributed by atoms with Crippen LogP contribution in [0.25, 0.3) is 0 Å². The largest absolute Gasteiger partial charge is 0.497 e. The highest BCUT2D eigenvalue weighted by molar-refractivity contribution is 6.07. The summed E-state index contributed by atoms with van der Waals surface area (Å²) in [5, 5.41) is 5.56. The van der Waals surface area contributed by atoms with Gasteiger partial charge in [0.2, 0.25) is 0 Å². The molecule has 136 valence electrons.